The van der Waals surface area contributed by atoms with E-state index in [4.69, 9.17) is 14.6 Å². The number of benzene rings is 3. The second-order valence-corrected chi connectivity index (χ2v) is 11.1. The number of carboxylic acids is 1. The summed E-state index contributed by atoms with van der Waals surface area (Å²) in [6.45, 7) is 2.76. The van der Waals surface area contributed by atoms with Gasteiger partial charge in [-0.25, -0.2) is 4.79 Å². The van der Waals surface area contributed by atoms with Crippen LogP contribution in [-0.4, -0.2) is 77.9 Å². The zero-order valence-corrected chi connectivity index (χ0v) is 24.9. The van der Waals surface area contributed by atoms with E-state index < -0.39 is 34.5 Å². The molecular formula is C31H32F6N4O6. The van der Waals surface area contributed by atoms with Crippen LogP contribution in [-0.2, 0) is 20.5 Å². The highest BCUT2D eigenvalue weighted by atomic mass is 19.4. The third-order valence-corrected chi connectivity index (χ3v) is 7.96. The number of carbonyl (C=O) groups excluding carboxylic acids is 1. The van der Waals surface area contributed by atoms with Gasteiger partial charge < -0.3 is 25.0 Å². The molecule has 2 fully saturated rings. The molecule has 2 N–H and O–H groups in total. The lowest BCUT2D eigenvalue weighted by Gasteiger charge is -2.36. The van der Waals surface area contributed by atoms with Crippen LogP contribution in [0, 0.1) is 10.1 Å². The van der Waals surface area contributed by atoms with Crippen LogP contribution < -0.4 is 10.2 Å². The van der Waals surface area contributed by atoms with Gasteiger partial charge in [0.25, 0.3) is 5.69 Å². The Balaban J connectivity index is 0.000000644. The first-order valence-corrected chi connectivity index (χ1v) is 14.7. The van der Waals surface area contributed by atoms with Crippen LogP contribution in [0.1, 0.15) is 31.2 Å². The van der Waals surface area contributed by atoms with E-state index in [2.05, 4.69) is 40.5 Å². The average molecular weight is 671 g/mol. The number of piperazine rings is 1. The van der Waals surface area contributed by atoms with Crippen LogP contribution >= 0.6 is 0 Å². The average Bonchev–Trinajstić information content (AvgIpc) is 3.03. The van der Waals surface area contributed by atoms with Crippen molar-refractivity contribution in [1.82, 2.24) is 4.90 Å². The second-order valence-electron chi connectivity index (χ2n) is 11.1. The molecule has 3 aromatic carbocycles. The number of halogens is 6. The Morgan fingerprint density at radius 3 is 2.09 bits per heavy atom. The summed E-state index contributed by atoms with van der Waals surface area (Å²) in [7, 11) is 0. The first-order chi connectivity index (χ1) is 22.1. The summed E-state index contributed by atoms with van der Waals surface area (Å²) in [5.74, 6) is -2.79. The number of aliphatic carboxylic acids is 1. The Hall–Kier alpha value is -4.60. The predicted molar refractivity (Wildman–Crippen MR) is 160 cm³/mol. The Bertz CT molecular complexity index is 1570. The number of nitrogens with one attached hydrogen (secondary N) is 1. The van der Waals surface area contributed by atoms with Crippen molar-refractivity contribution in [1.29, 1.82) is 0 Å². The van der Waals surface area contributed by atoms with Gasteiger partial charge in [-0.05, 0) is 60.7 Å². The zero-order valence-electron chi connectivity index (χ0n) is 24.9. The third-order valence-electron chi connectivity index (χ3n) is 7.96. The highest BCUT2D eigenvalue weighted by molar-refractivity contribution is 5.86. The number of carbonyl (C=O) groups is 2. The van der Waals surface area contributed by atoms with E-state index in [1.54, 1.807) is 0 Å². The molecule has 0 spiro atoms. The Kier molecular flexibility index (Phi) is 11.2. The number of carboxylic acid groups (broad SMARTS) is 1. The molecule has 1 saturated carbocycles. The van der Waals surface area contributed by atoms with E-state index in [0.29, 0.717) is 38.8 Å². The van der Waals surface area contributed by atoms with Gasteiger partial charge in [-0.2, -0.15) is 26.3 Å². The maximum Gasteiger partial charge on any atom is 0.490 e. The molecular weight excluding hydrogens is 638 g/mol. The molecule has 10 nitrogen and oxygen atoms in total. The number of amides is 1. The highest BCUT2D eigenvalue weighted by Crippen LogP contribution is 2.38. The number of anilines is 2. The maximum absolute atomic E-state index is 13.3. The molecule has 0 radical (unpaired) electrons. The number of nitrogens with zero attached hydrogens (tertiary/aromatic N) is 3. The van der Waals surface area contributed by atoms with Gasteiger partial charge in [-0.1, -0.05) is 30.3 Å². The fraction of sp³-hybridized carbons (Fsp3) is 0.419. The highest BCUT2D eigenvalue weighted by Gasteiger charge is 2.39. The minimum Gasteiger partial charge on any atom is -0.475 e. The number of hydrogen-bond donors (Lipinski definition) is 2. The van der Waals surface area contributed by atoms with Crippen LogP contribution in [0.15, 0.2) is 60.7 Å². The van der Waals surface area contributed by atoms with E-state index >= 15 is 0 Å². The van der Waals surface area contributed by atoms with Crippen molar-refractivity contribution in [3.63, 3.8) is 0 Å². The Morgan fingerprint density at radius 1 is 0.894 bits per heavy atom. The first kappa shape index (κ1) is 35.3. The lowest BCUT2D eigenvalue weighted by Crippen LogP contribution is -2.50. The van der Waals surface area contributed by atoms with Crippen LogP contribution in [0.3, 0.4) is 0 Å². The van der Waals surface area contributed by atoms with Gasteiger partial charge in [0.1, 0.15) is 12.2 Å². The normalized spacial score (nSPS) is 18.7. The van der Waals surface area contributed by atoms with Gasteiger partial charge in [0.2, 0.25) is 5.91 Å². The quantitative estimate of drug-likeness (QED) is 0.166. The smallest absolute Gasteiger partial charge is 0.475 e. The van der Waals surface area contributed by atoms with Gasteiger partial charge >= 0.3 is 18.3 Å². The topological polar surface area (TPSA) is 125 Å². The van der Waals surface area contributed by atoms with Gasteiger partial charge in [0.05, 0.1) is 11.0 Å². The molecule has 0 atom stereocenters. The molecule has 0 bridgehead atoms. The van der Waals surface area contributed by atoms with Crippen molar-refractivity contribution in [2.24, 2.45) is 0 Å². The fourth-order valence-corrected chi connectivity index (χ4v) is 5.49. The van der Waals surface area contributed by atoms with Crippen molar-refractivity contribution in [3.8, 4) is 0 Å². The van der Waals surface area contributed by atoms with E-state index in [1.807, 2.05) is 17.0 Å². The van der Waals surface area contributed by atoms with Crippen molar-refractivity contribution in [3.05, 3.63) is 76.3 Å². The molecule has 0 unspecified atom stereocenters. The Morgan fingerprint density at radius 2 is 1.51 bits per heavy atom. The lowest BCUT2D eigenvalue weighted by atomic mass is 9.92. The maximum atomic E-state index is 13.3. The molecule has 0 aromatic heterocycles. The van der Waals surface area contributed by atoms with Crippen LogP contribution in [0.25, 0.3) is 10.8 Å². The van der Waals surface area contributed by atoms with Crippen LogP contribution in [0.4, 0.5) is 43.4 Å². The summed E-state index contributed by atoms with van der Waals surface area (Å²) in [5, 5.41) is 23.6. The van der Waals surface area contributed by atoms with Gasteiger partial charge in [-0.15, -0.1) is 0 Å². The summed E-state index contributed by atoms with van der Waals surface area (Å²) >= 11 is 0. The molecule has 2 aliphatic rings. The number of hydrogen-bond acceptors (Lipinski definition) is 7. The summed E-state index contributed by atoms with van der Waals surface area (Å²) < 4.78 is 77.4. The number of fused-ring (bicyclic) bond motifs is 1. The van der Waals surface area contributed by atoms with Crippen molar-refractivity contribution >= 4 is 39.7 Å². The monoisotopic (exact) mass is 670 g/mol. The largest absolute Gasteiger partial charge is 0.490 e. The lowest BCUT2D eigenvalue weighted by molar-refractivity contribution is -0.388. The van der Waals surface area contributed by atoms with E-state index in [-0.39, 0.29) is 30.3 Å². The number of nitro benzene ring substituents is 1. The van der Waals surface area contributed by atoms with Crippen LogP contribution in [0.5, 0.6) is 0 Å². The standard InChI is InChI=1S/C29H31F3N4O4.C2HF3O2/c30-29(31,32)26-18-23(8-12-27(26)36(38)39)33-22-6-10-25(11-7-22)40-19-28(37)35-15-13-34(14-16-35)24-9-5-20-3-1-2-4-21(20)17-24;3-2(4,5)1(6)7/h1-5,8-9,12,17-18,22,25,33H,6-7,10-11,13-16,19H2;(H,6,7). The minimum absolute atomic E-state index is 0.00995. The van der Waals surface area contributed by atoms with Crippen molar-refractivity contribution in [2.45, 2.75) is 50.2 Å². The first-order valence-electron chi connectivity index (χ1n) is 14.7. The summed E-state index contributed by atoms with van der Waals surface area (Å²) in [5.41, 5.74) is -0.887. The molecule has 1 aliphatic heterocycles. The van der Waals surface area contributed by atoms with Crippen molar-refractivity contribution in [2.75, 3.05) is 43.0 Å². The van der Waals surface area contributed by atoms with Crippen LogP contribution in [0.2, 0.25) is 0 Å². The SMILES string of the molecule is O=C(COC1CCC(Nc2ccc([N+](=O)[O-])c(C(F)(F)F)c2)CC1)N1CCN(c2ccc3ccccc3c2)CC1.O=C(O)C(F)(F)F. The second kappa shape index (κ2) is 14.9. The van der Waals surface area contributed by atoms with E-state index in [9.17, 15) is 41.3 Å². The molecule has 254 valence electrons. The third kappa shape index (κ3) is 9.70. The molecule has 3 aromatic rings. The number of alkyl halides is 6. The fourth-order valence-electron chi connectivity index (χ4n) is 5.49. The summed E-state index contributed by atoms with van der Waals surface area (Å²) in [4.78, 5) is 35.7. The number of ether oxygens (including phenoxy) is 1. The molecule has 1 amide bonds. The Labute approximate surface area is 265 Å². The zero-order chi connectivity index (χ0) is 34.4. The molecule has 1 heterocycles. The molecule has 5 rings (SSSR count). The van der Waals surface area contributed by atoms with E-state index in [0.717, 1.165) is 30.9 Å². The molecule has 1 aliphatic carbocycles. The molecule has 16 heteroatoms. The predicted octanol–water partition coefficient (Wildman–Crippen LogP) is 6.49. The van der Waals surface area contributed by atoms with E-state index in [1.165, 1.54) is 16.8 Å². The molecule has 47 heavy (non-hydrogen) atoms. The summed E-state index contributed by atoms with van der Waals surface area (Å²) in [6, 6.07) is 17.5. The number of rotatable bonds is 7. The molecule has 1 saturated heterocycles. The van der Waals surface area contributed by atoms with Gasteiger partial charge in [0.15, 0.2) is 0 Å². The van der Waals surface area contributed by atoms with Gasteiger partial charge in [-0.3, -0.25) is 14.9 Å². The minimum atomic E-state index is -5.08. The summed E-state index contributed by atoms with van der Waals surface area (Å²) in [6.07, 6.45) is -7.35. The van der Waals surface area contributed by atoms with Crippen molar-refractivity contribution < 1.29 is 50.7 Å². The van der Waals surface area contributed by atoms with Gasteiger partial charge in [0, 0.05) is 49.7 Å². The number of nitro groups is 1.